The second-order valence-corrected chi connectivity index (χ2v) is 2.01. The van der Waals surface area contributed by atoms with Gasteiger partial charge in [0.05, 0.1) is 25.0 Å². The Bertz CT molecular complexity index is 124. The van der Waals surface area contributed by atoms with Gasteiger partial charge in [-0.3, -0.25) is 0 Å². The van der Waals surface area contributed by atoms with Crippen molar-refractivity contribution in [3.05, 3.63) is 12.3 Å². The topological polar surface area (TPSA) is 33.0 Å². The molecule has 0 atom stereocenters. The summed E-state index contributed by atoms with van der Waals surface area (Å²) in [5.74, 6) is 0. The van der Waals surface area contributed by atoms with Crippen molar-refractivity contribution in [2.24, 2.45) is 0 Å². The molecule has 0 saturated heterocycles. The van der Waals surface area contributed by atoms with E-state index in [2.05, 4.69) is 6.92 Å². The Morgan fingerprint density at radius 3 is 2.90 bits per heavy atom. The number of nitriles is 1. The lowest BCUT2D eigenvalue weighted by Gasteiger charge is -1.96. The third kappa shape index (κ3) is 7.03. The fourth-order valence-electron chi connectivity index (χ4n) is 0.582. The van der Waals surface area contributed by atoms with E-state index >= 15 is 0 Å². The molecule has 0 aliphatic rings. The standard InChI is InChI=1S/C8H13NO/c1-2-3-4-7-10-8-5-6-9/h5,8H,2-4,7H2,1H3/b8-5+. The van der Waals surface area contributed by atoms with Gasteiger partial charge in [0, 0.05) is 0 Å². The van der Waals surface area contributed by atoms with Gasteiger partial charge in [-0.05, 0) is 6.42 Å². The molecule has 0 unspecified atom stereocenters. The van der Waals surface area contributed by atoms with Crippen LogP contribution in [-0.2, 0) is 4.74 Å². The minimum absolute atomic E-state index is 0.728. The van der Waals surface area contributed by atoms with E-state index in [0.717, 1.165) is 13.0 Å². The van der Waals surface area contributed by atoms with Gasteiger partial charge in [0.15, 0.2) is 0 Å². The molecule has 0 amide bonds. The minimum Gasteiger partial charge on any atom is -0.500 e. The van der Waals surface area contributed by atoms with Crippen LogP contribution in [0.2, 0.25) is 0 Å². The zero-order chi connectivity index (χ0) is 7.66. The summed E-state index contributed by atoms with van der Waals surface area (Å²) < 4.78 is 4.97. The average molecular weight is 139 g/mol. The molecule has 0 aliphatic heterocycles. The van der Waals surface area contributed by atoms with Crippen LogP contribution in [0, 0.1) is 11.3 Å². The number of unbranched alkanes of at least 4 members (excludes halogenated alkanes) is 2. The molecule has 0 rings (SSSR count). The Morgan fingerprint density at radius 1 is 1.50 bits per heavy atom. The summed E-state index contributed by atoms with van der Waals surface area (Å²) in [6, 6.07) is 1.85. The van der Waals surface area contributed by atoms with Gasteiger partial charge < -0.3 is 4.74 Å². The Hall–Kier alpha value is -0.970. The SMILES string of the molecule is CCCCCO/C=C/C#N. The lowest BCUT2D eigenvalue weighted by atomic mass is 10.3. The van der Waals surface area contributed by atoms with Crippen LogP contribution in [-0.4, -0.2) is 6.61 Å². The van der Waals surface area contributed by atoms with Crippen molar-refractivity contribution in [2.45, 2.75) is 26.2 Å². The van der Waals surface area contributed by atoms with E-state index in [1.807, 2.05) is 6.07 Å². The summed E-state index contributed by atoms with van der Waals surface area (Å²) in [5.41, 5.74) is 0. The Kier molecular flexibility index (Phi) is 7.25. The third-order valence-electron chi connectivity index (χ3n) is 1.10. The molecule has 0 spiro atoms. The predicted molar refractivity (Wildman–Crippen MR) is 40.2 cm³/mol. The van der Waals surface area contributed by atoms with Crippen molar-refractivity contribution in [1.29, 1.82) is 5.26 Å². The highest BCUT2D eigenvalue weighted by Crippen LogP contribution is 1.93. The predicted octanol–water partition coefficient (Wildman–Crippen LogP) is 2.23. The first-order chi connectivity index (χ1) is 4.91. The number of hydrogen-bond donors (Lipinski definition) is 0. The van der Waals surface area contributed by atoms with Gasteiger partial charge in [-0.15, -0.1) is 0 Å². The quantitative estimate of drug-likeness (QED) is 0.332. The monoisotopic (exact) mass is 139 g/mol. The Labute approximate surface area is 62.1 Å². The van der Waals surface area contributed by atoms with Crippen LogP contribution in [0.15, 0.2) is 12.3 Å². The number of nitrogens with zero attached hydrogens (tertiary/aromatic N) is 1. The second-order valence-electron chi connectivity index (χ2n) is 2.01. The van der Waals surface area contributed by atoms with E-state index in [-0.39, 0.29) is 0 Å². The second kappa shape index (κ2) is 8.03. The van der Waals surface area contributed by atoms with Gasteiger partial charge in [-0.2, -0.15) is 5.26 Å². The van der Waals surface area contributed by atoms with Crippen LogP contribution in [0.3, 0.4) is 0 Å². The molecule has 0 bridgehead atoms. The molecule has 0 heterocycles. The fraction of sp³-hybridized carbons (Fsp3) is 0.625. The fourth-order valence-corrected chi connectivity index (χ4v) is 0.582. The summed E-state index contributed by atoms with van der Waals surface area (Å²) >= 11 is 0. The van der Waals surface area contributed by atoms with Crippen LogP contribution in [0.5, 0.6) is 0 Å². The van der Waals surface area contributed by atoms with E-state index in [4.69, 9.17) is 10.00 Å². The molecule has 2 nitrogen and oxygen atoms in total. The minimum atomic E-state index is 0.728. The molecular formula is C8H13NO. The zero-order valence-electron chi connectivity index (χ0n) is 6.34. The molecule has 56 valence electrons. The van der Waals surface area contributed by atoms with E-state index in [1.165, 1.54) is 25.2 Å². The highest BCUT2D eigenvalue weighted by molar-refractivity contribution is 4.97. The van der Waals surface area contributed by atoms with Crippen molar-refractivity contribution in [3.63, 3.8) is 0 Å². The van der Waals surface area contributed by atoms with Crippen LogP contribution in [0.1, 0.15) is 26.2 Å². The Balaban J connectivity index is 2.92. The van der Waals surface area contributed by atoms with Crippen molar-refractivity contribution in [3.8, 4) is 6.07 Å². The highest BCUT2D eigenvalue weighted by atomic mass is 16.5. The molecule has 0 saturated carbocycles. The molecule has 0 aliphatic carbocycles. The first kappa shape index (κ1) is 9.03. The van der Waals surface area contributed by atoms with Gasteiger partial charge in [-0.1, -0.05) is 19.8 Å². The number of rotatable bonds is 5. The number of ether oxygens (including phenoxy) is 1. The van der Waals surface area contributed by atoms with Crippen LogP contribution >= 0.6 is 0 Å². The van der Waals surface area contributed by atoms with Gasteiger partial charge >= 0.3 is 0 Å². The maximum atomic E-state index is 8.05. The largest absolute Gasteiger partial charge is 0.500 e. The van der Waals surface area contributed by atoms with Gasteiger partial charge in [-0.25, -0.2) is 0 Å². The molecule has 0 fully saturated rings. The number of hydrogen-bond acceptors (Lipinski definition) is 2. The lowest BCUT2D eigenvalue weighted by molar-refractivity contribution is 0.242. The zero-order valence-corrected chi connectivity index (χ0v) is 6.34. The van der Waals surface area contributed by atoms with Crippen molar-refractivity contribution < 1.29 is 4.74 Å². The molecular weight excluding hydrogens is 126 g/mol. The van der Waals surface area contributed by atoms with E-state index in [9.17, 15) is 0 Å². The molecule has 0 aromatic heterocycles. The molecule has 0 aromatic carbocycles. The van der Waals surface area contributed by atoms with Gasteiger partial charge in [0.25, 0.3) is 0 Å². The van der Waals surface area contributed by atoms with Gasteiger partial charge in [0.2, 0.25) is 0 Å². The smallest absolute Gasteiger partial charge is 0.0944 e. The maximum Gasteiger partial charge on any atom is 0.0944 e. The van der Waals surface area contributed by atoms with Gasteiger partial charge in [0.1, 0.15) is 0 Å². The molecule has 0 radical (unpaired) electrons. The summed E-state index contributed by atoms with van der Waals surface area (Å²) in [7, 11) is 0. The van der Waals surface area contributed by atoms with E-state index in [1.54, 1.807) is 0 Å². The van der Waals surface area contributed by atoms with Crippen molar-refractivity contribution >= 4 is 0 Å². The normalized spacial score (nSPS) is 9.60. The van der Waals surface area contributed by atoms with Crippen LogP contribution in [0.25, 0.3) is 0 Å². The summed E-state index contributed by atoms with van der Waals surface area (Å²) in [6.45, 7) is 2.87. The highest BCUT2D eigenvalue weighted by Gasteiger charge is 1.82. The summed E-state index contributed by atoms with van der Waals surface area (Å²) in [5, 5.41) is 8.05. The Morgan fingerprint density at radius 2 is 2.30 bits per heavy atom. The average Bonchev–Trinajstić information content (AvgIpc) is 1.97. The van der Waals surface area contributed by atoms with E-state index < -0.39 is 0 Å². The first-order valence-electron chi connectivity index (χ1n) is 3.58. The van der Waals surface area contributed by atoms with Crippen LogP contribution in [0.4, 0.5) is 0 Å². The summed E-state index contributed by atoms with van der Waals surface area (Å²) in [4.78, 5) is 0. The number of allylic oxidation sites excluding steroid dienone is 1. The van der Waals surface area contributed by atoms with E-state index in [0.29, 0.717) is 0 Å². The maximum absolute atomic E-state index is 8.05. The summed E-state index contributed by atoms with van der Waals surface area (Å²) in [6.07, 6.45) is 6.25. The van der Waals surface area contributed by atoms with Crippen LogP contribution < -0.4 is 0 Å². The third-order valence-corrected chi connectivity index (χ3v) is 1.10. The van der Waals surface area contributed by atoms with Crippen molar-refractivity contribution in [1.82, 2.24) is 0 Å². The molecule has 0 aromatic rings. The molecule has 0 N–H and O–H groups in total. The lowest BCUT2D eigenvalue weighted by Crippen LogP contribution is -1.85. The molecule has 2 heteroatoms. The molecule has 10 heavy (non-hydrogen) atoms. The van der Waals surface area contributed by atoms with Crippen molar-refractivity contribution in [2.75, 3.05) is 6.61 Å². The first-order valence-corrected chi connectivity index (χ1v) is 3.58.